The van der Waals surface area contributed by atoms with Gasteiger partial charge in [0.15, 0.2) is 0 Å². The van der Waals surface area contributed by atoms with Crippen LogP contribution in [0.3, 0.4) is 0 Å². The molecule has 0 atom stereocenters. The predicted molar refractivity (Wildman–Crippen MR) is 104 cm³/mol. The average Bonchev–Trinajstić information content (AvgIpc) is 2.69. The number of nitrogens with zero attached hydrogens (tertiary/aromatic N) is 1. The van der Waals surface area contributed by atoms with Crippen LogP contribution >= 0.6 is 11.6 Å². The summed E-state index contributed by atoms with van der Waals surface area (Å²) in [5, 5.41) is 3.07. The smallest absolute Gasteiger partial charge is 0.348 e. The lowest BCUT2D eigenvalue weighted by atomic mass is 10.1. The summed E-state index contributed by atoms with van der Waals surface area (Å²) in [7, 11) is 0. The first-order valence-electron chi connectivity index (χ1n) is 8.62. The largest absolute Gasteiger partial charge is 0.416 e. The monoisotopic (exact) mass is 420 g/mol. The van der Waals surface area contributed by atoms with Gasteiger partial charge in [-0.25, -0.2) is 0 Å². The molecule has 0 saturated carbocycles. The molecule has 4 nitrogen and oxygen atoms in total. The zero-order chi connectivity index (χ0) is 21.0. The Balaban J connectivity index is 1.73. The van der Waals surface area contributed by atoms with Gasteiger partial charge in [0.25, 0.3) is 11.5 Å². The lowest BCUT2D eigenvalue weighted by molar-refractivity contribution is -0.137. The molecule has 1 N–H and O–H groups in total. The van der Waals surface area contributed by atoms with Crippen molar-refractivity contribution in [3.8, 4) is 0 Å². The Hall–Kier alpha value is -3.06. The zero-order valence-electron chi connectivity index (χ0n) is 15.0. The van der Waals surface area contributed by atoms with E-state index >= 15 is 0 Å². The van der Waals surface area contributed by atoms with Gasteiger partial charge in [-0.3, -0.25) is 9.59 Å². The van der Waals surface area contributed by atoms with Gasteiger partial charge in [0, 0.05) is 23.8 Å². The summed E-state index contributed by atoms with van der Waals surface area (Å²) in [6.07, 6.45) is -3.05. The van der Waals surface area contributed by atoms with E-state index in [0.29, 0.717) is 10.6 Å². The lowest BCUT2D eigenvalue weighted by Gasteiger charge is -2.11. The minimum Gasteiger partial charge on any atom is -0.348 e. The molecule has 1 heterocycles. The molecular weight excluding hydrogens is 405 g/mol. The van der Waals surface area contributed by atoms with Crippen LogP contribution in [0.2, 0.25) is 5.02 Å². The highest BCUT2D eigenvalue weighted by Gasteiger charge is 2.30. The van der Waals surface area contributed by atoms with Crippen LogP contribution < -0.4 is 10.9 Å². The van der Waals surface area contributed by atoms with Gasteiger partial charge in [0.1, 0.15) is 0 Å². The van der Waals surface area contributed by atoms with Crippen molar-refractivity contribution < 1.29 is 18.0 Å². The number of pyridine rings is 1. The predicted octanol–water partition coefficient (Wildman–Crippen LogP) is 4.50. The van der Waals surface area contributed by atoms with E-state index in [9.17, 15) is 22.8 Å². The maximum Gasteiger partial charge on any atom is 0.416 e. The maximum absolute atomic E-state index is 12.8. The lowest BCUT2D eigenvalue weighted by Crippen LogP contribution is -2.26. The van der Waals surface area contributed by atoms with E-state index in [0.717, 1.165) is 17.7 Å². The Labute approximate surface area is 169 Å². The Morgan fingerprint density at radius 1 is 1.03 bits per heavy atom. The quantitative estimate of drug-likeness (QED) is 0.660. The first-order valence-corrected chi connectivity index (χ1v) is 9.00. The van der Waals surface area contributed by atoms with Crippen LogP contribution in [0.1, 0.15) is 27.0 Å². The van der Waals surface area contributed by atoms with Crippen LogP contribution in [0.15, 0.2) is 71.7 Å². The number of hydrogen-bond donors (Lipinski definition) is 1. The van der Waals surface area contributed by atoms with Gasteiger partial charge < -0.3 is 9.88 Å². The van der Waals surface area contributed by atoms with Crippen LogP contribution in [0.4, 0.5) is 13.2 Å². The fourth-order valence-corrected chi connectivity index (χ4v) is 2.94. The Morgan fingerprint density at radius 2 is 1.79 bits per heavy atom. The first kappa shape index (κ1) is 20.7. The summed E-state index contributed by atoms with van der Waals surface area (Å²) in [6.45, 7) is 0.111. The average molecular weight is 421 g/mol. The van der Waals surface area contributed by atoms with E-state index < -0.39 is 17.6 Å². The molecule has 150 valence electrons. The number of alkyl halides is 3. The molecular formula is C21H16ClF3N2O2. The second-order valence-electron chi connectivity index (χ2n) is 6.36. The number of carbonyl (C=O) groups excluding carboxylic acids is 1. The van der Waals surface area contributed by atoms with Gasteiger partial charge >= 0.3 is 6.18 Å². The standard InChI is InChI=1S/C21H16ClF3N2O2/c22-18-7-2-1-5-15(18)12-27-13-16(8-9-19(27)28)20(29)26-11-14-4-3-6-17(10-14)21(23,24)25/h1-10,13H,11-12H2,(H,26,29). The van der Waals surface area contributed by atoms with Gasteiger partial charge in [0.05, 0.1) is 17.7 Å². The second kappa shape index (κ2) is 8.53. The van der Waals surface area contributed by atoms with Crippen LogP contribution in [0.5, 0.6) is 0 Å². The van der Waals surface area contributed by atoms with E-state index in [4.69, 9.17) is 11.6 Å². The Bertz CT molecular complexity index is 1090. The third kappa shape index (κ3) is 5.26. The molecule has 8 heteroatoms. The van der Waals surface area contributed by atoms with Gasteiger partial charge in [-0.1, -0.05) is 41.9 Å². The third-order valence-corrected chi connectivity index (χ3v) is 4.62. The Kier molecular flexibility index (Phi) is 6.08. The van der Waals surface area contributed by atoms with Crippen LogP contribution in [0.25, 0.3) is 0 Å². The maximum atomic E-state index is 12.8. The zero-order valence-corrected chi connectivity index (χ0v) is 15.8. The van der Waals surface area contributed by atoms with Crippen molar-refractivity contribution in [1.82, 2.24) is 9.88 Å². The van der Waals surface area contributed by atoms with Crippen molar-refractivity contribution in [2.45, 2.75) is 19.3 Å². The topological polar surface area (TPSA) is 51.1 Å². The molecule has 29 heavy (non-hydrogen) atoms. The molecule has 0 spiro atoms. The fraction of sp³-hybridized carbons (Fsp3) is 0.143. The van der Waals surface area contributed by atoms with Crippen molar-refractivity contribution in [3.63, 3.8) is 0 Å². The van der Waals surface area contributed by atoms with E-state index in [1.54, 1.807) is 24.3 Å². The summed E-state index contributed by atoms with van der Waals surface area (Å²) >= 11 is 6.12. The van der Waals surface area contributed by atoms with Crippen molar-refractivity contribution in [1.29, 1.82) is 0 Å². The Morgan fingerprint density at radius 3 is 2.52 bits per heavy atom. The minimum absolute atomic E-state index is 0.0770. The van der Waals surface area contributed by atoms with Crippen molar-refractivity contribution >= 4 is 17.5 Å². The number of rotatable bonds is 5. The van der Waals surface area contributed by atoms with Crippen molar-refractivity contribution in [3.05, 3.63) is 104 Å². The SMILES string of the molecule is O=C(NCc1cccc(C(F)(F)F)c1)c1ccc(=O)n(Cc2ccccc2Cl)c1. The molecule has 3 aromatic rings. The second-order valence-corrected chi connectivity index (χ2v) is 6.76. The normalized spacial score (nSPS) is 11.3. The molecule has 0 saturated heterocycles. The van der Waals surface area contributed by atoms with E-state index in [-0.39, 0.29) is 24.2 Å². The molecule has 0 bridgehead atoms. The molecule has 1 amide bonds. The first-order chi connectivity index (χ1) is 13.7. The molecule has 0 aliphatic heterocycles. The number of benzene rings is 2. The summed E-state index contributed by atoms with van der Waals surface area (Å²) in [4.78, 5) is 24.5. The molecule has 1 aromatic heterocycles. The highest BCUT2D eigenvalue weighted by Crippen LogP contribution is 2.29. The van der Waals surface area contributed by atoms with E-state index in [1.165, 1.54) is 35.0 Å². The van der Waals surface area contributed by atoms with Gasteiger partial charge in [-0.05, 0) is 35.4 Å². The van der Waals surface area contributed by atoms with Crippen LogP contribution in [-0.4, -0.2) is 10.5 Å². The number of halogens is 4. The van der Waals surface area contributed by atoms with Gasteiger partial charge in [0.2, 0.25) is 0 Å². The van der Waals surface area contributed by atoms with Crippen molar-refractivity contribution in [2.24, 2.45) is 0 Å². The number of nitrogens with one attached hydrogen (secondary N) is 1. The molecule has 0 aliphatic rings. The minimum atomic E-state index is -4.45. The third-order valence-electron chi connectivity index (χ3n) is 4.25. The van der Waals surface area contributed by atoms with Crippen LogP contribution in [-0.2, 0) is 19.3 Å². The van der Waals surface area contributed by atoms with E-state index in [1.807, 2.05) is 0 Å². The van der Waals surface area contributed by atoms with Crippen molar-refractivity contribution in [2.75, 3.05) is 0 Å². The van der Waals surface area contributed by atoms with Gasteiger partial charge in [-0.2, -0.15) is 13.2 Å². The van der Waals surface area contributed by atoms with Gasteiger partial charge in [-0.15, -0.1) is 0 Å². The highest BCUT2D eigenvalue weighted by molar-refractivity contribution is 6.31. The molecule has 0 fully saturated rings. The number of aromatic nitrogens is 1. The molecule has 0 unspecified atom stereocenters. The summed E-state index contributed by atoms with van der Waals surface area (Å²) in [5.74, 6) is -0.504. The van der Waals surface area contributed by atoms with Crippen LogP contribution in [0, 0.1) is 0 Å². The number of hydrogen-bond acceptors (Lipinski definition) is 2. The van der Waals surface area contributed by atoms with E-state index in [2.05, 4.69) is 5.32 Å². The fourth-order valence-electron chi connectivity index (χ4n) is 2.74. The molecule has 3 rings (SSSR count). The summed E-state index contributed by atoms with van der Waals surface area (Å²) < 4.78 is 39.7. The summed E-state index contributed by atoms with van der Waals surface area (Å²) in [5.41, 5.74) is 0.163. The molecule has 0 radical (unpaired) electrons. The molecule has 2 aromatic carbocycles. The highest BCUT2D eigenvalue weighted by atomic mass is 35.5. The number of amides is 1. The molecule has 0 aliphatic carbocycles. The number of carbonyl (C=O) groups is 1. The summed E-state index contributed by atoms with van der Waals surface area (Å²) in [6, 6.07) is 14.4.